The molecule has 36 heavy (non-hydrogen) atoms. The number of nitrogens with two attached hydrogens (primary N) is 3. The lowest BCUT2D eigenvalue weighted by molar-refractivity contribution is -0.143. The van der Waals surface area contributed by atoms with Crippen LogP contribution in [0.5, 0.6) is 0 Å². The van der Waals surface area contributed by atoms with Crippen LogP contribution in [0.15, 0.2) is 4.99 Å². The number of rotatable bonds is 18. The number of carbonyl (C=O) groups excluding carboxylic acids is 3. The fraction of sp³-hybridized carbons (Fsp3) is 0.700. The maximum atomic E-state index is 13.0. The number of carboxylic acids is 2. The fourth-order valence-corrected chi connectivity index (χ4v) is 3.31. The Morgan fingerprint density at radius 3 is 1.89 bits per heavy atom. The number of guanidine groups is 1. The number of carboxylic acid groups (broad SMARTS) is 2. The molecule has 12 N–H and O–H groups in total. The van der Waals surface area contributed by atoms with Crippen molar-refractivity contribution in [1.82, 2.24) is 16.0 Å². The molecule has 0 radical (unpaired) electrons. The van der Waals surface area contributed by atoms with E-state index >= 15 is 0 Å². The number of nitrogens with zero attached hydrogens (tertiary/aromatic N) is 1. The highest BCUT2D eigenvalue weighted by Crippen LogP contribution is 2.07. The molecule has 15 nitrogen and oxygen atoms in total. The third kappa shape index (κ3) is 13.7. The van der Waals surface area contributed by atoms with Gasteiger partial charge in [-0.25, -0.2) is 4.79 Å². The quantitative estimate of drug-likeness (QED) is 0.0479. The summed E-state index contributed by atoms with van der Waals surface area (Å²) in [6.07, 6.45) is 0.195. The number of hydrogen-bond donors (Lipinski definition) is 9. The average Bonchev–Trinajstić information content (AvgIpc) is 2.79. The number of aliphatic hydroxyl groups excluding tert-OH is 1. The highest BCUT2D eigenvalue weighted by atomic mass is 32.2. The molecule has 0 aliphatic heterocycles. The highest BCUT2D eigenvalue weighted by Gasteiger charge is 2.30. The van der Waals surface area contributed by atoms with Crippen LogP contribution in [0.2, 0.25) is 0 Å². The molecule has 0 aromatic carbocycles. The van der Waals surface area contributed by atoms with E-state index in [4.69, 9.17) is 22.3 Å². The van der Waals surface area contributed by atoms with E-state index in [1.54, 1.807) is 6.26 Å². The second-order valence-corrected chi connectivity index (χ2v) is 8.94. The average molecular weight is 536 g/mol. The first-order valence-corrected chi connectivity index (χ1v) is 12.5. The lowest BCUT2D eigenvalue weighted by Gasteiger charge is -2.25. The summed E-state index contributed by atoms with van der Waals surface area (Å²) >= 11 is 1.41. The zero-order chi connectivity index (χ0) is 27.8. The van der Waals surface area contributed by atoms with E-state index in [1.807, 2.05) is 0 Å². The van der Waals surface area contributed by atoms with Gasteiger partial charge in [0, 0.05) is 13.0 Å². The number of aliphatic imine (C=N–C) groups is 1. The monoisotopic (exact) mass is 535 g/mol. The van der Waals surface area contributed by atoms with Gasteiger partial charge in [-0.15, -0.1) is 0 Å². The lowest BCUT2D eigenvalue weighted by atomic mass is 10.1. The summed E-state index contributed by atoms with van der Waals surface area (Å²) in [7, 11) is 0. The molecule has 0 aromatic heterocycles. The van der Waals surface area contributed by atoms with Crippen molar-refractivity contribution < 1.29 is 39.3 Å². The second-order valence-electron chi connectivity index (χ2n) is 7.95. The molecule has 206 valence electrons. The Bertz CT molecular complexity index is 792. The predicted molar refractivity (Wildman–Crippen MR) is 133 cm³/mol. The molecule has 0 bridgehead atoms. The molecular formula is C20H37N7O8S. The number of carbonyl (C=O) groups is 5. The van der Waals surface area contributed by atoms with Crippen molar-refractivity contribution in [3.05, 3.63) is 0 Å². The molecule has 0 aromatic rings. The predicted octanol–water partition coefficient (Wildman–Crippen LogP) is -3.09. The van der Waals surface area contributed by atoms with Gasteiger partial charge in [-0.05, 0) is 44.6 Å². The van der Waals surface area contributed by atoms with E-state index in [0.29, 0.717) is 5.75 Å². The van der Waals surface area contributed by atoms with Crippen LogP contribution in [0, 0.1) is 0 Å². The van der Waals surface area contributed by atoms with Gasteiger partial charge in [-0.2, -0.15) is 11.8 Å². The maximum absolute atomic E-state index is 13.0. The number of aliphatic carboxylic acids is 2. The number of amides is 3. The van der Waals surface area contributed by atoms with Crippen LogP contribution in [0.4, 0.5) is 0 Å². The Morgan fingerprint density at radius 2 is 1.42 bits per heavy atom. The summed E-state index contributed by atoms with van der Waals surface area (Å²) in [5.74, 6) is -4.72. The van der Waals surface area contributed by atoms with Gasteiger partial charge < -0.3 is 48.5 Å². The lowest BCUT2D eigenvalue weighted by Crippen LogP contribution is -2.58. The Labute approximate surface area is 213 Å². The van der Waals surface area contributed by atoms with Gasteiger partial charge in [0.1, 0.15) is 24.2 Å². The molecule has 0 rings (SSSR count). The maximum Gasteiger partial charge on any atom is 0.326 e. The van der Waals surface area contributed by atoms with E-state index in [2.05, 4.69) is 20.9 Å². The molecule has 3 amide bonds. The summed E-state index contributed by atoms with van der Waals surface area (Å²) < 4.78 is 0. The van der Waals surface area contributed by atoms with Crippen LogP contribution in [0.3, 0.4) is 0 Å². The smallest absolute Gasteiger partial charge is 0.326 e. The molecule has 0 spiro atoms. The topological polar surface area (TPSA) is 273 Å². The van der Waals surface area contributed by atoms with Crippen molar-refractivity contribution in [2.45, 2.75) is 69.3 Å². The van der Waals surface area contributed by atoms with Gasteiger partial charge in [0.2, 0.25) is 17.7 Å². The Hall–Kier alpha value is -3.11. The van der Waals surface area contributed by atoms with Gasteiger partial charge in [0.05, 0.1) is 6.10 Å². The molecule has 0 aliphatic carbocycles. The van der Waals surface area contributed by atoms with Crippen LogP contribution in [0.25, 0.3) is 0 Å². The molecule has 5 atom stereocenters. The van der Waals surface area contributed by atoms with Gasteiger partial charge >= 0.3 is 11.9 Å². The molecule has 0 fully saturated rings. The molecule has 0 aliphatic rings. The normalized spacial score (nSPS) is 14.9. The number of nitrogens with one attached hydrogen (secondary N) is 3. The highest BCUT2D eigenvalue weighted by molar-refractivity contribution is 7.98. The molecule has 0 heterocycles. The minimum absolute atomic E-state index is 0.00993. The van der Waals surface area contributed by atoms with Crippen LogP contribution in [-0.4, -0.2) is 99.8 Å². The van der Waals surface area contributed by atoms with Crippen LogP contribution in [-0.2, 0) is 24.0 Å². The zero-order valence-electron chi connectivity index (χ0n) is 20.3. The largest absolute Gasteiger partial charge is 0.481 e. The van der Waals surface area contributed by atoms with E-state index in [0.717, 1.165) is 0 Å². The molecule has 0 saturated heterocycles. The first-order valence-electron chi connectivity index (χ1n) is 11.1. The SMILES string of the molecule is CSCCC(NC(=O)C(N)C(C)O)C(=O)NC(CCCN=C(N)N)C(=O)NC(CCC(=O)O)C(=O)O. The second kappa shape index (κ2) is 17.3. The van der Waals surface area contributed by atoms with Crippen LogP contribution >= 0.6 is 11.8 Å². The van der Waals surface area contributed by atoms with Gasteiger partial charge in [0.25, 0.3) is 0 Å². The molecular weight excluding hydrogens is 498 g/mol. The Kier molecular flexibility index (Phi) is 15.8. The van der Waals surface area contributed by atoms with Crippen molar-refractivity contribution >= 4 is 47.4 Å². The standard InChI is InChI=1S/C20H37N7O8S/c1-10(28)15(21)18(33)26-12(7-9-36-2)17(32)25-11(4-3-8-24-20(22)23)16(31)27-13(19(34)35)5-6-14(29)30/h10-13,15,28H,3-9,21H2,1-2H3,(H,25,32)(H,26,33)(H,27,31)(H,29,30)(H,34,35)(H4,22,23,24). The molecule has 16 heteroatoms. The first kappa shape index (κ1) is 32.9. The summed E-state index contributed by atoms with van der Waals surface area (Å²) in [6.45, 7) is 1.45. The number of hydrogen-bond acceptors (Lipinski definition) is 9. The van der Waals surface area contributed by atoms with Crippen molar-refractivity contribution in [1.29, 1.82) is 0 Å². The fourth-order valence-electron chi connectivity index (χ4n) is 2.83. The van der Waals surface area contributed by atoms with E-state index in [-0.39, 0.29) is 38.2 Å². The summed E-state index contributed by atoms with van der Waals surface area (Å²) in [5.41, 5.74) is 16.2. The number of aliphatic hydroxyl groups is 1. The summed E-state index contributed by atoms with van der Waals surface area (Å²) in [6, 6.07) is -5.11. The van der Waals surface area contributed by atoms with Gasteiger partial charge in [0.15, 0.2) is 5.96 Å². The van der Waals surface area contributed by atoms with Crippen molar-refractivity contribution in [3.63, 3.8) is 0 Å². The third-order valence-corrected chi connectivity index (χ3v) is 5.55. The van der Waals surface area contributed by atoms with E-state index < -0.39 is 66.4 Å². The van der Waals surface area contributed by atoms with E-state index in [1.165, 1.54) is 18.7 Å². The van der Waals surface area contributed by atoms with Crippen LogP contribution < -0.4 is 33.2 Å². The Morgan fingerprint density at radius 1 is 0.889 bits per heavy atom. The third-order valence-electron chi connectivity index (χ3n) is 4.91. The molecule has 5 unspecified atom stereocenters. The summed E-state index contributed by atoms with van der Waals surface area (Å²) in [4.78, 5) is 64.2. The van der Waals surface area contributed by atoms with Gasteiger partial charge in [-0.1, -0.05) is 0 Å². The Balaban J connectivity index is 5.62. The van der Waals surface area contributed by atoms with Crippen molar-refractivity contribution in [3.8, 4) is 0 Å². The van der Waals surface area contributed by atoms with E-state index in [9.17, 15) is 34.2 Å². The zero-order valence-corrected chi connectivity index (χ0v) is 21.1. The number of thioether (sulfide) groups is 1. The van der Waals surface area contributed by atoms with Crippen molar-refractivity contribution in [2.24, 2.45) is 22.2 Å². The minimum atomic E-state index is -1.50. The minimum Gasteiger partial charge on any atom is -0.481 e. The first-order chi connectivity index (χ1) is 16.8. The van der Waals surface area contributed by atoms with Gasteiger partial charge in [-0.3, -0.25) is 24.2 Å². The van der Waals surface area contributed by atoms with Crippen molar-refractivity contribution in [2.75, 3.05) is 18.6 Å². The molecule has 0 saturated carbocycles. The van der Waals surface area contributed by atoms with Crippen LogP contribution in [0.1, 0.15) is 39.0 Å². The summed E-state index contributed by atoms with van der Waals surface area (Å²) in [5, 5.41) is 34.9.